The van der Waals surface area contributed by atoms with Crippen LogP contribution in [0.4, 0.5) is 10.1 Å². The van der Waals surface area contributed by atoms with Crippen LogP contribution in [-0.2, 0) is 17.8 Å². The third kappa shape index (κ3) is 6.94. The number of halogens is 1. The van der Waals surface area contributed by atoms with Gasteiger partial charge in [-0.3, -0.25) is 14.5 Å². The Kier molecular flexibility index (Phi) is 8.38. The van der Waals surface area contributed by atoms with Gasteiger partial charge in [-0.2, -0.15) is 4.98 Å². The van der Waals surface area contributed by atoms with Gasteiger partial charge in [0.1, 0.15) is 5.82 Å². The average molecular weight is 528 g/mol. The smallest absolute Gasteiger partial charge is 0.253 e. The number of nitrogens with zero attached hydrogens (tertiary/aromatic N) is 3. The first-order valence-electron chi connectivity index (χ1n) is 13.1. The number of benzene rings is 3. The standard InChI is InChI=1S/C30H30FN5O3/c31-24-12-10-22(11-13-24)28-34-27(39-35-28)20-36-18-15-23(16-19-36)29(37)33-26-9-5-4-8-25(26)30(38)32-17-14-21-6-2-1-3-7-21/h1-13,23H,14-20H2,(H,32,38)(H,33,37). The molecule has 4 aromatic rings. The fourth-order valence-electron chi connectivity index (χ4n) is 4.67. The van der Waals surface area contributed by atoms with E-state index in [-0.39, 0.29) is 23.5 Å². The van der Waals surface area contributed by atoms with Gasteiger partial charge in [-0.15, -0.1) is 0 Å². The van der Waals surface area contributed by atoms with Crippen LogP contribution in [0.25, 0.3) is 11.4 Å². The van der Waals surface area contributed by atoms with Gasteiger partial charge in [0, 0.05) is 18.0 Å². The molecule has 0 aliphatic carbocycles. The van der Waals surface area contributed by atoms with E-state index in [0.717, 1.165) is 12.0 Å². The van der Waals surface area contributed by atoms with Crippen LogP contribution in [0, 0.1) is 11.7 Å². The normalized spacial score (nSPS) is 14.2. The molecule has 0 spiro atoms. The number of amides is 2. The Morgan fingerprint density at radius 1 is 0.949 bits per heavy atom. The SMILES string of the molecule is O=C(NCCc1ccccc1)c1ccccc1NC(=O)C1CCN(Cc2nc(-c3ccc(F)cc3)no2)CC1. The molecule has 1 fully saturated rings. The average Bonchev–Trinajstić information content (AvgIpc) is 3.43. The first-order valence-corrected chi connectivity index (χ1v) is 13.1. The summed E-state index contributed by atoms with van der Waals surface area (Å²) in [6.07, 6.45) is 2.09. The summed E-state index contributed by atoms with van der Waals surface area (Å²) in [5, 5.41) is 9.92. The zero-order valence-corrected chi connectivity index (χ0v) is 21.5. The van der Waals surface area contributed by atoms with E-state index in [2.05, 4.69) is 25.7 Å². The third-order valence-corrected chi connectivity index (χ3v) is 6.86. The molecule has 2 N–H and O–H groups in total. The summed E-state index contributed by atoms with van der Waals surface area (Å²) in [7, 11) is 0. The van der Waals surface area contributed by atoms with Gasteiger partial charge in [0.15, 0.2) is 0 Å². The number of nitrogens with one attached hydrogen (secondary N) is 2. The van der Waals surface area contributed by atoms with Crippen molar-refractivity contribution in [2.75, 3.05) is 25.0 Å². The van der Waals surface area contributed by atoms with Gasteiger partial charge < -0.3 is 15.2 Å². The van der Waals surface area contributed by atoms with Crippen LogP contribution in [0.1, 0.15) is 34.7 Å². The molecular formula is C30H30FN5O3. The van der Waals surface area contributed by atoms with Gasteiger partial charge in [0.2, 0.25) is 17.6 Å². The molecule has 0 saturated carbocycles. The summed E-state index contributed by atoms with van der Waals surface area (Å²) in [4.78, 5) is 32.5. The zero-order chi connectivity index (χ0) is 27.0. The molecule has 0 bridgehead atoms. The number of hydrogen-bond acceptors (Lipinski definition) is 6. The number of hydrogen-bond donors (Lipinski definition) is 2. The Hall–Kier alpha value is -4.37. The molecular weight excluding hydrogens is 497 g/mol. The second-order valence-corrected chi connectivity index (χ2v) is 9.60. The molecule has 1 saturated heterocycles. The maximum Gasteiger partial charge on any atom is 0.253 e. The number of carbonyl (C=O) groups is 2. The number of likely N-dealkylation sites (tertiary alicyclic amines) is 1. The summed E-state index contributed by atoms with van der Waals surface area (Å²) in [6, 6.07) is 23.0. The minimum Gasteiger partial charge on any atom is -0.352 e. The molecule has 8 nitrogen and oxygen atoms in total. The molecule has 2 amide bonds. The lowest BCUT2D eigenvalue weighted by atomic mass is 9.95. The Bertz CT molecular complexity index is 1400. The summed E-state index contributed by atoms with van der Waals surface area (Å²) in [5.74, 6) is 0.117. The number of rotatable bonds is 9. The maximum absolute atomic E-state index is 13.2. The van der Waals surface area contributed by atoms with Gasteiger partial charge in [0.25, 0.3) is 5.91 Å². The van der Waals surface area contributed by atoms with Crippen molar-refractivity contribution in [3.8, 4) is 11.4 Å². The predicted molar refractivity (Wildman–Crippen MR) is 145 cm³/mol. The van der Waals surface area contributed by atoms with Gasteiger partial charge in [0.05, 0.1) is 17.8 Å². The number of piperidine rings is 1. The highest BCUT2D eigenvalue weighted by molar-refractivity contribution is 6.04. The van der Waals surface area contributed by atoms with E-state index in [1.54, 1.807) is 30.3 Å². The highest BCUT2D eigenvalue weighted by Gasteiger charge is 2.27. The van der Waals surface area contributed by atoms with Crippen LogP contribution >= 0.6 is 0 Å². The third-order valence-electron chi connectivity index (χ3n) is 6.86. The van der Waals surface area contributed by atoms with Crippen LogP contribution in [0.15, 0.2) is 83.4 Å². The van der Waals surface area contributed by atoms with Gasteiger partial charge >= 0.3 is 0 Å². The molecule has 0 unspecified atom stereocenters. The topological polar surface area (TPSA) is 100 Å². The van der Waals surface area contributed by atoms with Crippen molar-refractivity contribution >= 4 is 17.5 Å². The number of anilines is 1. The molecule has 0 radical (unpaired) electrons. The highest BCUT2D eigenvalue weighted by Crippen LogP contribution is 2.23. The van der Waals surface area contributed by atoms with Crippen molar-refractivity contribution in [3.05, 3.63) is 102 Å². The molecule has 1 aliphatic heterocycles. The fourth-order valence-corrected chi connectivity index (χ4v) is 4.67. The molecule has 2 heterocycles. The van der Waals surface area contributed by atoms with Crippen molar-refractivity contribution in [3.63, 3.8) is 0 Å². The lowest BCUT2D eigenvalue weighted by molar-refractivity contribution is -0.121. The summed E-state index contributed by atoms with van der Waals surface area (Å²) in [5.41, 5.74) is 2.80. The minimum atomic E-state index is -0.319. The zero-order valence-electron chi connectivity index (χ0n) is 21.5. The predicted octanol–water partition coefficient (Wildman–Crippen LogP) is 4.70. The van der Waals surface area contributed by atoms with Gasteiger partial charge in [-0.25, -0.2) is 4.39 Å². The Labute approximate surface area is 226 Å². The molecule has 39 heavy (non-hydrogen) atoms. The Balaban J connectivity index is 1.10. The number of aromatic nitrogens is 2. The molecule has 9 heteroatoms. The van der Waals surface area contributed by atoms with E-state index < -0.39 is 0 Å². The number of carbonyl (C=O) groups excluding carboxylic acids is 2. The van der Waals surface area contributed by atoms with E-state index in [1.165, 1.54) is 12.1 Å². The number of para-hydroxylation sites is 1. The van der Waals surface area contributed by atoms with Crippen LogP contribution < -0.4 is 10.6 Å². The quantitative estimate of drug-likeness (QED) is 0.327. The summed E-state index contributed by atoms with van der Waals surface area (Å²) in [6.45, 7) is 2.39. The van der Waals surface area contributed by atoms with E-state index in [4.69, 9.17) is 4.52 Å². The molecule has 0 atom stereocenters. The van der Waals surface area contributed by atoms with Crippen molar-refractivity contribution < 1.29 is 18.5 Å². The van der Waals surface area contributed by atoms with Crippen LogP contribution in [0.3, 0.4) is 0 Å². The molecule has 3 aromatic carbocycles. The second kappa shape index (κ2) is 12.4. The van der Waals surface area contributed by atoms with Crippen LogP contribution in [-0.4, -0.2) is 46.5 Å². The molecule has 200 valence electrons. The van der Waals surface area contributed by atoms with Crippen molar-refractivity contribution in [2.45, 2.75) is 25.8 Å². The van der Waals surface area contributed by atoms with Crippen LogP contribution in [0.5, 0.6) is 0 Å². The van der Waals surface area contributed by atoms with Crippen molar-refractivity contribution in [1.82, 2.24) is 20.4 Å². The Morgan fingerprint density at radius 2 is 1.67 bits per heavy atom. The summed E-state index contributed by atoms with van der Waals surface area (Å²) >= 11 is 0. The van der Waals surface area contributed by atoms with E-state index in [1.807, 2.05) is 36.4 Å². The monoisotopic (exact) mass is 527 g/mol. The van der Waals surface area contributed by atoms with Crippen LogP contribution in [0.2, 0.25) is 0 Å². The minimum absolute atomic E-state index is 0.0874. The molecule has 1 aliphatic rings. The lowest BCUT2D eigenvalue weighted by Gasteiger charge is -2.30. The Morgan fingerprint density at radius 3 is 2.44 bits per heavy atom. The van der Waals surface area contributed by atoms with E-state index >= 15 is 0 Å². The van der Waals surface area contributed by atoms with E-state index in [0.29, 0.717) is 67.6 Å². The maximum atomic E-state index is 13.2. The first kappa shape index (κ1) is 26.2. The first-order chi connectivity index (χ1) is 19.0. The molecule has 1 aromatic heterocycles. The van der Waals surface area contributed by atoms with Gasteiger partial charge in [-0.1, -0.05) is 47.6 Å². The fraction of sp³-hybridized carbons (Fsp3) is 0.267. The van der Waals surface area contributed by atoms with Crippen molar-refractivity contribution in [2.24, 2.45) is 5.92 Å². The highest BCUT2D eigenvalue weighted by atomic mass is 19.1. The summed E-state index contributed by atoms with van der Waals surface area (Å²) < 4.78 is 18.5. The largest absolute Gasteiger partial charge is 0.352 e. The van der Waals surface area contributed by atoms with E-state index in [9.17, 15) is 14.0 Å². The van der Waals surface area contributed by atoms with Gasteiger partial charge in [-0.05, 0) is 74.3 Å². The van der Waals surface area contributed by atoms with Crippen molar-refractivity contribution in [1.29, 1.82) is 0 Å². The second-order valence-electron chi connectivity index (χ2n) is 9.60. The lowest BCUT2D eigenvalue weighted by Crippen LogP contribution is -2.38. The molecule has 5 rings (SSSR count).